The molecule has 1 aromatic carbocycles. The molecule has 0 spiro atoms. The molecular formula is C13H18N4O4. The number of nitrogens with two attached hydrogens (primary N) is 1. The van der Waals surface area contributed by atoms with Crippen molar-refractivity contribution in [2.75, 3.05) is 18.0 Å². The van der Waals surface area contributed by atoms with Gasteiger partial charge in [-0.1, -0.05) is 5.16 Å². The molecule has 2 unspecified atom stereocenters. The Balaban J connectivity index is 2.41. The van der Waals surface area contributed by atoms with Crippen LogP contribution in [0.1, 0.15) is 19.4 Å². The summed E-state index contributed by atoms with van der Waals surface area (Å²) in [6.45, 7) is 5.01. The fourth-order valence-electron chi connectivity index (χ4n) is 2.53. The van der Waals surface area contributed by atoms with E-state index < -0.39 is 4.92 Å². The molecule has 1 fully saturated rings. The Kier molecular flexibility index (Phi) is 4.27. The molecule has 0 radical (unpaired) electrons. The summed E-state index contributed by atoms with van der Waals surface area (Å²) in [7, 11) is 0. The zero-order chi connectivity index (χ0) is 15.6. The van der Waals surface area contributed by atoms with Crippen LogP contribution in [0.3, 0.4) is 0 Å². The predicted octanol–water partition coefficient (Wildman–Crippen LogP) is 1.30. The lowest BCUT2D eigenvalue weighted by Gasteiger charge is -2.36. The van der Waals surface area contributed by atoms with Crippen LogP contribution in [-0.4, -0.2) is 41.3 Å². The van der Waals surface area contributed by atoms with E-state index in [-0.39, 0.29) is 23.7 Å². The molecule has 8 nitrogen and oxygen atoms in total. The number of amidine groups is 1. The minimum atomic E-state index is -0.464. The first kappa shape index (κ1) is 15.0. The van der Waals surface area contributed by atoms with Crippen molar-refractivity contribution < 1.29 is 14.9 Å². The Morgan fingerprint density at radius 3 is 2.62 bits per heavy atom. The lowest BCUT2D eigenvalue weighted by molar-refractivity contribution is -0.384. The quantitative estimate of drug-likeness (QED) is 0.285. The highest BCUT2D eigenvalue weighted by molar-refractivity contribution is 5.98. The van der Waals surface area contributed by atoms with E-state index in [9.17, 15) is 10.1 Å². The van der Waals surface area contributed by atoms with Crippen molar-refractivity contribution in [1.29, 1.82) is 0 Å². The van der Waals surface area contributed by atoms with Crippen molar-refractivity contribution in [3.8, 4) is 0 Å². The number of anilines is 1. The number of nitro groups is 1. The summed E-state index contributed by atoms with van der Waals surface area (Å²) in [6, 6.07) is 4.54. The van der Waals surface area contributed by atoms with Gasteiger partial charge in [0.25, 0.3) is 5.69 Å². The van der Waals surface area contributed by atoms with E-state index in [1.807, 2.05) is 18.7 Å². The van der Waals surface area contributed by atoms with Crippen LogP contribution in [-0.2, 0) is 4.74 Å². The fraction of sp³-hybridized carbons (Fsp3) is 0.462. The molecule has 2 rings (SSSR count). The molecule has 0 aliphatic carbocycles. The summed E-state index contributed by atoms with van der Waals surface area (Å²) >= 11 is 0. The van der Waals surface area contributed by atoms with Crippen LogP contribution in [0.2, 0.25) is 0 Å². The average Bonchev–Trinajstić information content (AvgIpc) is 2.44. The third-order valence-electron chi connectivity index (χ3n) is 3.34. The van der Waals surface area contributed by atoms with Crippen LogP contribution >= 0.6 is 0 Å². The highest BCUT2D eigenvalue weighted by Crippen LogP contribution is 2.31. The molecule has 114 valence electrons. The topological polar surface area (TPSA) is 114 Å². The van der Waals surface area contributed by atoms with Crippen LogP contribution < -0.4 is 10.6 Å². The number of oxime groups is 1. The zero-order valence-electron chi connectivity index (χ0n) is 11.9. The minimum absolute atomic E-state index is 0.00268. The van der Waals surface area contributed by atoms with Gasteiger partial charge in [0.05, 0.1) is 17.1 Å². The van der Waals surface area contributed by atoms with Gasteiger partial charge in [-0.25, -0.2) is 0 Å². The summed E-state index contributed by atoms with van der Waals surface area (Å²) in [5.74, 6) is -0.159. The van der Waals surface area contributed by atoms with E-state index in [0.717, 1.165) is 0 Å². The maximum Gasteiger partial charge on any atom is 0.293 e. The normalized spacial score (nSPS) is 23.1. The van der Waals surface area contributed by atoms with Gasteiger partial charge >= 0.3 is 0 Å². The number of rotatable bonds is 3. The first-order chi connectivity index (χ1) is 9.92. The first-order valence-corrected chi connectivity index (χ1v) is 6.59. The van der Waals surface area contributed by atoms with Crippen LogP contribution in [0, 0.1) is 10.1 Å². The Bertz CT molecular complexity index is 565. The van der Waals surface area contributed by atoms with E-state index in [2.05, 4.69) is 5.16 Å². The van der Waals surface area contributed by atoms with Crippen molar-refractivity contribution >= 4 is 17.2 Å². The van der Waals surface area contributed by atoms with Crippen molar-refractivity contribution in [2.45, 2.75) is 26.1 Å². The molecule has 1 aliphatic heterocycles. The largest absolute Gasteiger partial charge is 0.409 e. The van der Waals surface area contributed by atoms with Gasteiger partial charge in [0, 0.05) is 24.7 Å². The third kappa shape index (κ3) is 3.22. The molecule has 0 aromatic heterocycles. The second-order valence-electron chi connectivity index (χ2n) is 5.11. The molecule has 0 amide bonds. The third-order valence-corrected chi connectivity index (χ3v) is 3.34. The van der Waals surface area contributed by atoms with Crippen molar-refractivity contribution in [3.63, 3.8) is 0 Å². The van der Waals surface area contributed by atoms with Gasteiger partial charge in [0.15, 0.2) is 5.84 Å². The summed E-state index contributed by atoms with van der Waals surface area (Å²) < 4.78 is 5.63. The monoisotopic (exact) mass is 294 g/mol. The van der Waals surface area contributed by atoms with Gasteiger partial charge in [-0.15, -0.1) is 0 Å². The van der Waals surface area contributed by atoms with Gasteiger partial charge in [-0.05, 0) is 26.0 Å². The maximum atomic E-state index is 11.3. The fourth-order valence-corrected chi connectivity index (χ4v) is 2.53. The Morgan fingerprint density at radius 1 is 1.48 bits per heavy atom. The summed E-state index contributed by atoms with van der Waals surface area (Å²) in [5.41, 5.74) is 6.23. The molecule has 2 atom stereocenters. The lowest BCUT2D eigenvalue weighted by Crippen LogP contribution is -2.45. The van der Waals surface area contributed by atoms with Gasteiger partial charge < -0.3 is 20.6 Å². The molecule has 8 heteroatoms. The zero-order valence-corrected chi connectivity index (χ0v) is 11.9. The molecule has 21 heavy (non-hydrogen) atoms. The number of morpholine rings is 1. The Morgan fingerprint density at radius 2 is 2.10 bits per heavy atom. The Labute approximate surface area is 121 Å². The van der Waals surface area contributed by atoms with Gasteiger partial charge in [-0.3, -0.25) is 10.1 Å². The van der Waals surface area contributed by atoms with Crippen molar-refractivity contribution in [3.05, 3.63) is 33.9 Å². The van der Waals surface area contributed by atoms with E-state index in [1.165, 1.54) is 6.07 Å². The standard InChI is InChI=1S/C13H18N4O4/c1-8-6-16(7-9(2)21-8)11-4-3-10(13(14)15-18)5-12(11)17(19)20/h3-5,8-9,18H,6-7H2,1-2H3,(H2,14,15). The maximum absolute atomic E-state index is 11.3. The van der Waals surface area contributed by atoms with Gasteiger partial charge in [-0.2, -0.15) is 0 Å². The van der Waals surface area contributed by atoms with E-state index in [0.29, 0.717) is 24.3 Å². The van der Waals surface area contributed by atoms with Crippen molar-refractivity contribution in [2.24, 2.45) is 10.9 Å². The lowest BCUT2D eigenvalue weighted by atomic mass is 10.1. The summed E-state index contributed by atoms with van der Waals surface area (Å²) in [5, 5.41) is 22.8. The van der Waals surface area contributed by atoms with Gasteiger partial charge in [0.1, 0.15) is 5.69 Å². The molecule has 1 heterocycles. The SMILES string of the molecule is CC1CN(c2ccc(C(N)=NO)cc2[N+](=O)[O-])CC(C)O1. The predicted molar refractivity (Wildman–Crippen MR) is 77.8 cm³/mol. The highest BCUT2D eigenvalue weighted by atomic mass is 16.6. The van der Waals surface area contributed by atoms with E-state index in [1.54, 1.807) is 12.1 Å². The second kappa shape index (κ2) is 5.96. The number of hydrogen-bond donors (Lipinski definition) is 2. The minimum Gasteiger partial charge on any atom is -0.409 e. The van der Waals surface area contributed by atoms with Crippen molar-refractivity contribution in [1.82, 2.24) is 0 Å². The number of benzene rings is 1. The second-order valence-corrected chi connectivity index (χ2v) is 5.11. The number of hydrogen-bond acceptors (Lipinski definition) is 6. The number of nitrogens with zero attached hydrogens (tertiary/aromatic N) is 3. The molecule has 0 bridgehead atoms. The average molecular weight is 294 g/mol. The molecule has 0 saturated carbocycles. The number of nitro benzene ring substituents is 1. The van der Waals surface area contributed by atoms with Gasteiger partial charge in [0.2, 0.25) is 0 Å². The smallest absolute Gasteiger partial charge is 0.293 e. The van der Waals surface area contributed by atoms with E-state index in [4.69, 9.17) is 15.7 Å². The molecular weight excluding hydrogens is 276 g/mol. The van der Waals surface area contributed by atoms with Crippen LogP contribution in [0.25, 0.3) is 0 Å². The summed E-state index contributed by atoms with van der Waals surface area (Å²) in [6.07, 6.45) is -0.00536. The first-order valence-electron chi connectivity index (χ1n) is 6.59. The van der Waals surface area contributed by atoms with Crippen LogP contribution in [0.5, 0.6) is 0 Å². The van der Waals surface area contributed by atoms with E-state index >= 15 is 0 Å². The Hall–Kier alpha value is -2.35. The van der Waals surface area contributed by atoms with Crippen LogP contribution in [0.4, 0.5) is 11.4 Å². The summed E-state index contributed by atoms with van der Waals surface area (Å²) in [4.78, 5) is 12.8. The molecule has 1 aliphatic rings. The molecule has 1 aromatic rings. The van der Waals surface area contributed by atoms with Crippen LogP contribution in [0.15, 0.2) is 23.4 Å². The number of ether oxygens (including phenoxy) is 1. The molecule has 3 N–H and O–H groups in total. The highest BCUT2D eigenvalue weighted by Gasteiger charge is 2.27. The molecule has 1 saturated heterocycles.